The van der Waals surface area contributed by atoms with Gasteiger partial charge in [-0.1, -0.05) is 40.2 Å². The Kier molecular flexibility index (Phi) is 5.93. The van der Waals surface area contributed by atoms with Crippen molar-refractivity contribution in [3.05, 3.63) is 11.6 Å². The highest BCUT2D eigenvalue weighted by atomic mass is 35.5. The topological polar surface area (TPSA) is 80.7 Å². The van der Waals surface area contributed by atoms with E-state index in [-0.39, 0.29) is 54.5 Å². The van der Waals surface area contributed by atoms with Gasteiger partial charge >= 0.3 is 5.97 Å². The summed E-state index contributed by atoms with van der Waals surface area (Å²) < 4.78 is 23.4. The third-order valence-corrected chi connectivity index (χ3v) is 10.2. The zero-order valence-corrected chi connectivity index (χ0v) is 21.0. The summed E-state index contributed by atoms with van der Waals surface area (Å²) in [5, 5.41) is 11.5. The van der Waals surface area contributed by atoms with E-state index in [1.54, 1.807) is 13.0 Å². The molecule has 3 fully saturated rings. The fourth-order valence-corrected chi connectivity index (χ4v) is 8.71. The van der Waals surface area contributed by atoms with Crippen LogP contribution in [0.5, 0.6) is 0 Å². The average molecular weight is 483 g/mol. The average Bonchev–Trinajstić information content (AvgIpc) is 2.98. The first kappa shape index (κ1) is 24.8. The zero-order valence-electron chi connectivity index (χ0n) is 20.2. The van der Waals surface area contributed by atoms with Crippen molar-refractivity contribution in [2.75, 3.05) is 5.88 Å². The summed E-state index contributed by atoms with van der Waals surface area (Å²) in [6, 6.07) is 0. The molecule has 5 nitrogen and oxygen atoms in total. The van der Waals surface area contributed by atoms with Crippen LogP contribution in [0.3, 0.4) is 0 Å². The summed E-state index contributed by atoms with van der Waals surface area (Å²) >= 11 is 6.04. The largest absolute Gasteiger partial charge is 0.450 e. The van der Waals surface area contributed by atoms with Crippen LogP contribution >= 0.6 is 11.6 Å². The van der Waals surface area contributed by atoms with Gasteiger partial charge in [0.1, 0.15) is 5.67 Å². The van der Waals surface area contributed by atoms with Gasteiger partial charge in [0.25, 0.3) is 0 Å². The molecule has 1 N–H and O–H groups in total. The molecule has 0 aliphatic heterocycles. The van der Waals surface area contributed by atoms with Crippen LogP contribution in [0, 0.1) is 34.5 Å². The number of hydrogen-bond donors (Lipinski definition) is 1. The van der Waals surface area contributed by atoms with Crippen molar-refractivity contribution in [1.82, 2.24) is 0 Å². The van der Waals surface area contributed by atoms with Gasteiger partial charge < -0.3 is 9.84 Å². The second kappa shape index (κ2) is 7.87. The molecule has 7 heteroatoms. The molecule has 0 aromatic heterocycles. The summed E-state index contributed by atoms with van der Waals surface area (Å²) in [5.41, 5.74) is -4.51. The molecule has 0 amide bonds. The molecule has 0 radical (unpaired) electrons. The lowest BCUT2D eigenvalue weighted by molar-refractivity contribution is -0.237. The lowest BCUT2D eigenvalue weighted by Gasteiger charge is -2.64. The van der Waals surface area contributed by atoms with Crippen molar-refractivity contribution >= 4 is 29.1 Å². The van der Waals surface area contributed by atoms with E-state index < -0.39 is 40.1 Å². The second-order valence-electron chi connectivity index (χ2n) is 11.4. The van der Waals surface area contributed by atoms with Crippen molar-refractivity contribution in [2.45, 2.75) is 90.5 Å². The minimum absolute atomic E-state index is 0.000171. The maximum atomic E-state index is 17.4. The van der Waals surface area contributed by atoms with Gasteiger partial charge in [-0.05, 0) is 43.6 Å². The van der Waals surface area contributed by atoms with Gasteiger partial charge in [-0.3, -0.25) is 14.4 Å². The van der Waals surface area contributed by atoms with Crippen molar-refractivity contribution in [2.24, 2.45) is 34.5 Å². The van der Waals surface area contributed by atoms with Crippen LogP contribution in [0.2, 0.25) is 0 Å². The molecule has 0 heterocycles. The number of carbonyl (C=O) groups is 3. The second-order valence-corrected chi connectivity index (χ2v) is 11.7. The summed E-state index contributed by atoms with van der Waals surface area (Å²) in [6.45, 7) is 9.30. The number of aliphatic hydroxyl groups excluding tert-OH is 1. The number of ketones is 2. The van der Waals surface area contributed by atoms with E-state index in [0.717, 1.165) is 5.57 Å². The highest BCUT2D eigenvalue weighted by Gasteiger charge is 2.77. The Balaban J connectivity index is 1.87. The van der Waals surface area contributed by atoms with Crippen molar-refractivity contribution in [3.8, 4) is 0 Å². The molecule has 4 aliphatic rings. The van der Waals surface area contributed by atoms with Gasteiger partial charge in [0.15, 0.2) is 17.2 Å². The van der Waals surface area contributed by atoms with Gasteiger partial charge in [0.2, 0.25) is 0 Å². The maximum absolute atomic E-state index is 17.4. The number of esters is 1. The number of rotatable bonds is 4. The summed E-state index contributed by atoms with van der Waals surface area (Å²) in [4.78, 5) is 38.1. The number of Topliss-reactive ketones (excluding diaryl/α,β-unsaturated/α-hetero) is 1. The molecule has 184 valence electrons. The van der Waals surface area contributed by atoms with Gasteiger partial charge in [-0.2, -0.15) is 0 Å². The number of alkyl halides is 2. The molecule has 9 atom stereocenters. The summed E-state index contributed by atoms with van der Waals surface area (Å²) in [7, 11) is 0. The molecule has 0 aromatic rings. The summed E-state index contributed by atoms with van der Waals surface area (Å²) in [5.74, 6) is -2.32. The number of halogens is 2. The maximum Gasteiger partial charge on any atom is 0.306 e. The number of hydrogen-bond acceptors (Lipinski definition) is 5. The molecular weight excluding hydrogens is 447 g/mol. The Bertz CT molecular complexity index is 918. The Morgan fingerprint density at radius 2 is 1.91 bits per heavy atom. The third kappa shape index (κ3) is 2.95. The van der Waals surface area contributed by atoms with Crippen LogP contribution < -0.4 is 0 Å². The highest BCUT2D eigenvalue weighted by molar-refractivity contribution is 6.29. The first-order valence-corrected chi connectivity index (χ1v) is 12.8. The van der Waals surface area contributed by atoms with E-state index in [2.05, 4.69) is 0 Å². The molecule has 3 saturated carbocycles. The monoisotopic (exact) mass is 482 g/mol. The number of aliphatic hydroxyl groups is 1. The van der Waals surface area contributed by atoms with E-state index in [1.165, 1.54) is 0 Å². The molecule has 4 aliphatic carbocycles. The fourth-order valence-electron chi connectivity index (χ4n) is 8.51. The minimum Gasteiger partial charge on any atom is -0.450 e. The first-order valence-electron chi connectivity index (χ1n) is 12.3. The highest BCUT2D eigenvalue weighted by Crippen LogP contribution is 2.72. The van der Waals surface area contributed by atoms with Gasteiger partial charge in [0, 0.05) is 35.5 Å². The Morgan fingerprint density at radius 1 is 1.24 bits per heavy atom. The van der Waals surface area contributed by atoms with Crippen LogP contribution in [-0.4, -0.2) is 45.9 Å². The van der Waals surface area contributed by atoms with Crippen LogP contribution in [0.15, 0.2) is 11.6 Å². The molecule has 0 spiro atoms. The normalized spacial score (nSPS) is 48.9. The standard InChI is InChI=1S/C26H36ClFO5/c1-6-22(32)33-26(21(31)13-27)15(3)10-18-19-9-14(2)17-11-16(29)7-8-23(17,4)25(19,28)20(30)12-24(18,26)5/h11,14-15,18-20,30H,6-10,12-13H2,1-5H3/t14-,15-,18-,19-,20-,23-,24-,25-,26-/m0/s1. The quantitative estimate of drug-likeness (QED) is 0.469. The minimum atomic E-state index is -1.93. The zero-order chi connectivity index (χ0) is 24.6. The van der Waals surface area contributed by atoms with E-state index in [4.69, 9.17) is 16.3 Å². The molecule has 0 aromatic carbocycles. The van der Waals surface area contributed by atoms with E-state index in [1.807, 2.05) is 27.7 Å². The van der Waals surface area contributed by atoms with Crippen LogP contribution in [0.25, 0.3) is 0 Å². The molecule has 4 rings (SSSR count). The van der Waals surface area contributed by atoms with E-state index in [9.17, 15) is 19.5 Å². The van der Waals surface area contributed by atoms with Gasteiger partial charge in [0.05, 0.1) is 12.0 Å². The number of fused-ring (bicyclic) bond motifs is 5. The number of carbonyl (C=O) groups excluding carboxylic acids is 3. The van der Waals surface area contributed by atoms with E-state index >= 15 is 4.39 Å². The van der Waals surface area contributed by atoms with Crippen LogP contribution in [0.4, 0.5) is 4.39 Å². The Labute approximate surface area is 200 Å². The third-order valence-electron chi connectivity index (χ3n) is 10.0. The van der Waals surface area contributed by atoms with Crippen molar-refractivity contribution in [3.63, 3.8) is 0 Å². The van der Waals surface area contributed by atoms with Crippen LogP contribution in [0.1, 0.15) is 73.1 Å². The van der Waals surface area contributed by atoms with Gasteiger partial charge in [-0.25, -0.2) is 4.39 Å². The lowest BCUT2D eigenvalue weighted by Crippen LogP contribution is -2.71. The first-order chi connectivity index (χ1) is 15.3. The van der Waals surface area contributed by atoms with E-state index in [0.29, 0.717) is 19.3 Å². The fraction of sp³-hybridized carbons (Fsp3) is 0.808. The predicted molar refractivity (Wildman–Crippen MR) is 122 cm³/mol. The van der Waals surface area contributed by atoms with Crippen molar-refractivity contribution < 1.29 is 28.6 Å². The predicted octanol–water partition coefficient (Wildman–Crippen LogP) is 4.57. The molecular formula is C26H36ClFO5. The molecule has 0 unspecified atom stereocenters. The SMILES string of the molecule is CCC(=O)O[C@]1(C(=O)CCl)[C@@H](C)C[C@H]2[C@@H]3C[C@H](C)C4=CC(=O)CC[C@]4(C)[C@@]3(F)[C@@H](O)C[C@@]21C. The van der Waals surface area contributed by atoms with Crippen LogP contribution in [-0.2, 0) is 19.1 Å². The lowest BCUT2D eigenvalue weighted by atomic mass is 9.42. The van der Waals surface area contributed by atoms with Crippen molar-refractivity contribution in [1.29, 1.82) is 0 Å². The Hall–Kier alpha value is -1.27. The molecule has 0 saturated heterocycles. The molecule has 33 heavy (non-hydrogen) atoms. The number of ether oxygens (including phenoxy) is 1. The number of allylic oxidation sites excluding steroid dienone is 1. The molecule has 0 bridgehead atoms. The smallest absolute Gasteiger partial charge is 0.306 e. The van der Waals surface area contributed by atoms with Gasteiger partial charge in [-0.15, -0.1) is 11.6 Å². The Morgan fingerprint density at radius 3 is 2.52 bits per heavy atom. The summed E-state index contributed by atoms with van der Waals surface area (Å²) in [6.07, 6.45) is 1.98.